The van der Waals surface area contributed by atoms with Gasteiger partial charge in [-0.15, -0.1) is 0 Å². The number of hydrogen-bond acceptors (Lipinski definition) is 4. The monoisotopic (exact) mass is 318 g/mol. The van der Waals surface area contributed by atoms with E-state index in [1.54, 1.807) is 37.4 Å². The van der Waals surface area contributed by atoms with Crippen LogP contribution in [0.2, 0.25) is 5.02 Å². The molecule has 3 rings (SSSR count). The molecule has 0 aromatic heterocycles. The van der Waals surface area contributed by atoms with Gasteiger partial charge < -0.3 is 20.5 Å². The van der Waals surface area contributed by atoms with Crippen molar-refractivity contribution in [2.75, 3.05) is 18.2 Å². The number of nitrogen functional groups attached to an aromatic ring is 1. The van der Waals surface area contributed by atoms with Crippen LogP contribution in [0.4, 0.5) is 11.4 Å². The molecule has 114 valence electrons. The summed E-state index contributed by atoms with van der Waals surface area (Å²) in [6.07, 6.45) is -0.220. The first-order chi connectivity index (χ1) is 10.6. The number of carbonyl (C=O) groups is 1. The highest BCUT2D eigenvalue weighted by molar-refractivity contribution is 6.32. The molecule has 3 N–H and O–H groups in total. The molecule has 0 bridgehead atoms. The smallest absolute Gasteiger partial charge is 0.265 e. The highest BCUT2D eigenvalue weighted by Gasteiger charge is 2.28. The van der Waals surface area contributed by atoms with Crippen LogP contribution >= 0.6 is 11.6 Å². The summed E-state index contributed by atoms with van der Waals surface area (Å²) in [6, 6.07) is 10.5. The lowest BCUT2D eigenvalue weighted by Gasteiger charge is -2.26. The van der Waals surface area contributed by atoms with Crippen molar-refractivity contribution in [1.82, 2.24) is 0 Å². The van der Waals surface area contributed by atoms with Gasteiger partial charge in [0.25, 0.3) is 5.91 Å². The summed E-state index contributed by atoms with van der Waals surface area (Å²) < 4.78 is 10.9. The Morgan fingerprint density at radius 1 is 1.32 bits per heavy atom. The SMILES string of the molecule is COc1ccc(CC2Oc3cc(N)ccc3NC2=O)cc1Cl. The Morgan fingerprint density at radius 3 is 2.86 bits per heavy atom. The number of nitrogens with one attached hydrogen (secondary N) is 1. The lowest BCUT2D eigenvalue weighted by atomic mass is 10.1. The van der Waals surface area contributed by atoms with Crippen LogP contribution in [-0.4, -0.2) is 19.1 Å². The quantitative estimate of drug-likeness (QED) is 0.853. The lowest BCUT2D eigenvalue weighted by Crippen LogP contribution is -2.38. The van der Waals surface area contributed by atoms with Gasteiger partial charge in [-0.1, -0.05) is 17.7 Å². The molecule has 1 aliphatic rings. The molecule has 0 spiro atoms. The topological polar surface area (TPSA) is 73.6 Å². The number of fused-ring (bicyclic) bond motifs is 1. The maximum absolute atomic E-state index is 12.1. The summed E-state index contributed by atoms with van der Waals surface area (Å²) in [7, 11) is 1.56. The number of nitrogens with two attached hydrogens (primary N) is 1. The molecule has 0 saturated carbocycles. The molecule has 1 aliphatic heterocycles. The maximum atomic E-state index is 12.1. The van der Waals surface area contributed by atoms with Crippen LogP contribution in [0.25, 0.3) is 0 Å². The summed E-state index contributed by atoms with van der Waals surface area (Å²) in [4.78, 5) is 12.1. The molecule has 1 amide bonds. The Kier molecular flexibility index (Phi) is 3.81. The number of rotatable bonds is 3. The van der Waals surface area contributed by atoms with E-state index in [4.69, 9.17) is 26.8 Å². The highest BCUT2D eigenvalue weighted by Crippen LogP contribution is 2.33. The molecule has 2 aromatic rings. The molecule has 1 unspecified atom stereocenters. The molecule has 22 heavy (non-hydrogen) atoms. The normalized spacial score (nSPS) is 16.5. The molecule has 5 nitrogen and oxygen atoms in total. The van der Waals surface area contributed by atoms with Gasteiger partial charge in [0.1, 0.15) is 11.5 Å². The number of hydrogen-bond donors (Lipinski definition) is 2. The second-order valence-corrected chi connectivity index (χ2v) is 5.43. The van der Waals surface area contributed by atoms with Crippen molar-refractivity contribution in [3.05, 3.63) is 47.0 Å². The summed E-state index contributed by atoms with van der Waals surface area (Å²) in [5.41, 5.74) is 7.84. The van der Waals surface area contributed by atoms with E-state index in [9.17, 15) is 4.79 Å². The maximum Gasteiger partial charge on any atom is 0.265 e. The summed E-state index contributed by atoms with van der Waals surface area (Å²) in [5.74, 6) is 0.978. The van der Waals surface area contributed by atoms with E-state index in [1.807, 2.05) is 6.07 Å². The fraction of sp³-hybridized carbons (Fsp3) is 0.188. The first-order valence-corrected chi connectivity index (χ1v) is 7.14. The number of benzene rings is 2. The fourth-order valence-corrected chi connectivity index (χ4v) is 2.63. The number of ether oxygens (including phenoxy) is 2. The molecule has 1 atom stereocenters. The predicted octanol–water partition coefficient (Wildman–Crippen LogP) is 2.87. The third-order valence-electron chi connectivity index (χ3n) is 3.46. The summed E-state index contributed by atoms with van der Waals surface area (Å²) >= 11 is 6.10. The lowest BCUT2D eigenvalue weighted by molar-refractivity contribution is -0.123. The molecular formula is C16H15ClN2O3. The van der Waals surface area contributed by atoms with Gasteiger partial charge in [-0.25, -0.2) is 0 Å². The van der Waals surface area contributed by atoms with Gasteiger partial charge in [-0.2, -0.15) is 0 Å². The minimum Gasteiger partial charge on any atom is -0.495 e. The Balaban J connectivity index is 1.81. The van der Waals surface area contributed by atoms with E-state index < -0.39 is 6.10 Å². The third-order valence-corrected chi connectivity index (χ3v) is 3.76. The number of anilines is 2. The van der Waals surface area contributed by atoms with E-state index in [2.05, 4.69) is 5.32 Å². The van der Waals surface area contributed by atoms with E-state index >= 15 is 0 Å². The van der Waals surface area contributed by atoms with Crippen molar-refractivity contribution < 1.29 is 14.3 Å². The Hall–Kier alpha value is -2.40. The second kappa shape index (κ2) is 5.77. The average molecular weight is 319 g/mol. The molecule has 0 radical (unpaired) electrons. The largest absolute Gasteiger partial charge is 0.495 e. The standard InChI is InChI=1S/C16H15ClN2O3/c1-21-13-5-2-9(6-11(13)17)7-15-16(20)19-12-4-3-10(18)8-14(12)22-15/h2-6,8,15H,7,18H2,1H3,(H,19,20). The average Bonchev–Trinajstić information content (AvgIpc) is 2.49. The first-order valence-electron chi connectivity index (χ1n) is 6.76. The summed E-state index contributed by atoms with van der Waals surface area (Å²) in [5, 5.41) is 3.32. The van der Waals surface area contributed by atoms with Gasteiger partial charge in [0, 0.05) is 18.2 Å². The number of amides is 1. The molecule has 0 aliphatic carbocycles. The van der Waals surface area contributed by atoms with Gasteiger partial charge in [0.2, 0.25) is 0 Å². The summed E-state index contributed by atoms with van der Waals surface area (Å²) in [6.45, 7) is 0. The van der Waals surface area contributed by atoms with E-state index in [-0.39, 0.29) is 5.91 Å². The van der Waals surface area contributed by atoms with Gasteiger partial charge in [0.15, 0.2) is 6.10 Å². The fourth-order valence-electron chi connectivity index (χ4n) is 2.35. The molecule has 6 heteroatoms. The Labute approximate surface area is 133 Å². The zero-order chi connectivity index (χ0) is 15.7. The van der Waals surface area contributed by atoms with Crippen LogP contribution in [0, 0.1) is 0 Å². The van der Waals surface area contributed by atoms with E-state index in [0.29, 0.717) is 34.3 Å². The van der Waals surface area contributed by atoms with Crippen molar-refractivity contribution in [3.8, 4) is 11.5 Å². The zero-order valence-electron chi connectivity index (χ0n) is 11.9. The highest BCUT2D eigenvalue weighted by atomic mass is 35.5. The van der Waals surface area contributed by atoms with Crippen LogP contribution < -0.4 is 20.5 Å². The van der Waals surface area contributed by atoms with Crippen LogP contribution in [0.15, 0.2) is 36.4 Å². The molecule has 1 heterocycles. The van der Waals surface area contributed by atoms with Crippen molar-refractivity contribution >= 4 is 28.9 Å². The number of halogens is 1. The molecular weight excluding hydrogens is 304 g/mol. The Morgan fingerprint density at radius 2 is 2.14 bits per heavy atom. The van der Waals surface area contributed by atoms with Crippen LogP contribution in [0.3, 0.4) is 0 Å². The van der Waals surface area contributed by atoms with E-state index in [1.165, 1.54) is 0 Å². The first kappa shape index (κ1) is 14.5. The van der Waals surface area contributed by atoms with Crippen LogP contribution in [-0.2, 0) is 11.2 Å². The predicted molar refractivity (Wildman–Crippen MR) is 85.6 cm³/mol. The van der Waals surface area contributed by atoms with Gasteiger partial charge in [-0.3, -0.25) is 4.79 Å². The van der Waals surface area contributed by atoms with Gasteiger partial charge in [-0.05, 0) is 29.8 Å². The van der Waals surface area contributed by atoms with Crippen LogP contribution in [0.1, 0.15) is 5.56 Å². The van der Waals surface area contributed by atoms with Crippen molar-refractivity contribution in [2.24, 2.45) is 0 Å². The van der Waals surface area contributed by atoms with E-state index in [0.717, 1.165) is 5.56 Å². The zero-order valence-corrected chi connectivity index (χ0v) is 12.7. The minimum absolute atomic E-state index is 0.191. The van der Waals surface area contributed by atoms with Crippen LogP contribution in [0.5, 0.6) is 11.5 Å². The van der Waals surface area contributed by atoms with Gasteiger partial charge >= 0.3 is 0 Å². The van der Waals surface area contributed by atoms with Crippen molar-refractivity contribution in [2.45, 2.75) is 12.5 Å². The number of methoxy groups -OCH3 is 1. The van der Waals surface area contributed by atoms with Crippen molar-refractivity contribution in [3.63, 3.8) is 0 Å². The van der Waals surface area contributed by atoms with Crippen molar-refractivity contribution in [1.29, 1.82) is 0 Å². The Bertz CT molecular complexity index is 733. The van der Waals surface area contributed by atoms with Gasteiger partial charge in [0.05, 0.1) is 17.8 Å². The number of carbonyl (C=O) groups excluding carboxylic acids is 1. The molecule has 0 fully saturated rings. The molecule has 2 aromatic carbocycles. The third kappa shape index (κ3) is 2.80. The minimum atomic E-state index is -0.626. The molecule has 0 saturated heterocycles. The second-order valence-electron chi connectivity index (χ2n) is 5.02.